The van der Waals surface area contributed by atoms with E-state index in [2.05, 4.69) is 10.4 Å². The number of aromatic nitrogens is 2. The summed E-state index contributed by atoms with van der Waals surface area (Å²) in [5.41, 5.74) is 2.63. The maximum atomic E-state index is 12.5. The Morgan fingerprint density at radius 2 is 1.72 bits per heavy atom. The van der Waals surface area contributed by atoms with Gasteiger partial charge in [0, 0.05) is 22.2 Å². The standard InChI is InChI=1S/C24H25Cl2N3O3/c1-4-17(5-2)27-23(30)15-7-10-18(11-8-15)29-22(14-21(28-29)24(31)32-6-3)19-12-9-16(25)13-20(19)26/h7-14,17H,4-6H2,1-3H3,(H,27,30). The zero-order valence-electron chi connectivity index (χ0n) is 18.2. The Kier molecular flexibility index (Phi) is 7.94. The number of benzene rings is 2. The van der Waals surface area contributed by atoms with Crippen molar-refractivity contribution in [2.24, 2.45) is 0 Å². The van der Waals surface area contributed by atoms with Gasteiger partial charge in [0.15, 0.2) is 5.69 Å². The largest absolute Gasteiger partial charge is 0.461 e. The number of nitrogens with zero attached hydrogens (tertiary/aromatic N) is 2. The average Bonchev–Trinajstić information content (AvgIpc) is 3.23. The van der Waals surface area contributed by atoms with Gasteiger partial charge in [0.25, 0.3) is 5.91 Å². The molecule has 0 aliphatic rings. The van der Waals surface area contributed by atoms with Crippen LogP contribution in [0.3, 0.4) is 0 Å². The molecule has 32 heavy (non-hydrogen) atoms. The number of nitrogens with one attached hydrogen (secondary N) is 1. The smallest absolute Gasteiger partial charge is 0.358 e. The quantitative estimate of drug-likeness (QED) is 0.410. The number of rotatable bonds is 8. The Hall–Kier alpha value is -2.83. The zero-order chi connectivity index (χ0) is 23.3. The van der Waals surface area contributed by atoms with Crippen LogP contribution in [0.25, 0.3) is 16.9 Å². The van der Waals surface area contributed by atoms with Crippen LogP contribution in [0.4, 0.5) is 0 Å². The van der Waals surface area contributed by atoms with Crippen molar-refractivity contribution in [3.8, 4) is 16.9 Å². The van der Waals surface area contributed by atoms with Gasteiger partial charge in [-0.2, -0.15) is 5.10 Å². The van der Waals surface area contributed by atoms with Crippen LogP contribution in [0.1, 0.15) is 54.5 Å². The SMILES string of the molecule is CCOC(=O)c1cc(-c2ccc(Cl)cc2Cl)n(-c2ccc(C(=O)NC(CC)CC)cc2)n1. The number of hydrogen-bond acceptors (Lipinski definition) is 4. The molecule has 0 aliphatic carbocycles. The summed E-state index contributed by atoms with van der Waals surface area (Å²) in [6, 6.07) is 13.9. The predicted molar refractivity (Wildman–Crippen MR) is 127 cm³/mol. The van der Waals surface area contributed by atoms with E-state index in [1.54, 1.807) is 60.1 Å². The van der Waals surface area contributed by atoms with Crippen molar-refractivity contribution in [1.29, 1.82) is 0 Å². The number of ether oxygens (including phenoxy) is 1. The monoisotopic (exact) mass is 473 g/mol. The maximum Gasteiger partial charge on any atom is 0.358 e. The van der Waals surface area contributed by atoms with E-state index in [-0.39, 0.29) is 24.2 Å². The highest BCUT2D eigenvalue weighted by molar-refractivity contribution is 6.36. The molecule has 0 aliphatic heterocycles. The van der Waals surface area contributed by atoms with E-state index in [1.165, 1.54) is 0 Å². The Labute approximate surface area is 197 Å². The van der Waals surface area contributed by atoms with Crippen molar-refractivity contribution in [2.75, 3.05) is 6.61 Å². The van der Waals surface area contributed by atoms with E-state index in [1.807, 2.05) is 13.8 Å². The van der Waals surface area contributed by atoms with E-state index >= 15 is 0 Å². The molecule has 3 aromatic rings. The van der Waals surface area contributed by atoms with Gasteiger partial charge in [0.05, 0.1) is 23.0 Å². The number of carbonyl (C=O) groups excluding carboxylic acids is 2. The van der Waals surface area contributed by atoms with Crippen molar-refractivity contribution in [1.82, 2.24) is 15.1 Å². The lowest BCUT2D eigenvalue weighted by Gasteiger charge is -2.15. The van der Waals surface area contributed by atoms with Crippen LogP contribution >= 0.6 is 23.2 Å². The van der Waals surface area contributed by atoms with Crippen molar-refractivity contribution in [2.45, 2.75) is 39.7 Å². The van der Waals surface area contributed by atoms with E-state index in [4.69, 9.17) is 27.9 Å². The van der Waals surface area contributed by atoms with Crippen molar-refractivity contribution in [3.05, 3.63) is 69.8 Å². The summed E-state index contributed by atoms with van der Waals surface area (Å²) in [7, 11) is 0. The Balaban J connectivity index is 2.00. The van der Waals surface area contributed by atoms with Crippen LogP contribution in [0.2, 0.25) is 10.0 Å². The van der Waals surface area contributed by atoms with Gasteiger partial charge in [-0.1, -0.05) is 37.0 Å². The molecule has 0 bridgehead atoms. The molecule has 0 saturated heterocycles. The third kappa shape index (κ3) is 5.31. The van der Waals surface area contributed by atoms with Gasteiger partial charge in [-0.25, -0.2) is 9.48 Å². The summed E-state index contributed by atoms with van der Waals surface area (Å²) in [4.78, 5) is 24.8. The third-order valence-electron chi connectivity index (χ3n) is 5.10. The zero-order valence-corrected chi connectivity index (χ0v) is 19.7. The second-order valence-corrected chi connectivity index (χ2v) is 8.05. The van der Waals surface area contributed by atoms with Crippen LogP contribution in [-0.2, 0) is 4.74 Å². The lowest BCUT2D eigenvalue weighted by Crippen LogP contribution is -2.33. The molecule has 1 heterocycles. The second kappa shape index (κ2) is 10.7. The number of esters is 1. The molecule has 2 aromatic carbocycles. The first-order valence-corrected chi connectivity index (χ1v) is 11.3. The number of hydrogen-bond donors (Lipinski definition) is 1. The average molecular weight is 474 g/mol. The highest BCUT2D eigenvalue weighted by Gasteiger charge is 2.20. The Bertz CT molecular complexity index is 1110. The van der Waals surface area contributed by atoms with Gasteiger partial charge in [-0.3, -0.25) is 4.79 Å². The number of amides is 1. The molecule has 0 radical (unpaired) electrons. The lowest BCUT2D eigenvalue weighted by molar-refractivity contribution is 0.0518. The lowest BCUT2D eigenvalue weighted by atomic mass is 10.1. The molecule has 168 valence electrons. The summed E-state index contributed by atoms with van der Waals surface area (Å²) in [5, 5.41) is 8.39. The third-order valence-corrected chi connectivity index (χ3v) is 5.64. The first-order valence-electron chi connectivity index (χ1n) is 10.5. The summed E-state index contributed by atoms with van der Waals surface area (Å²) in [6.45, 7) is 6.06. The summed E-state index contributed by atoms with van der Waals surface area (Å²) in [6.07, 6.45) is 1.74. The van der Waals surface area contributed by atoms with Gasteiger partial charge in [-0.05, 0) is 68.3 Å². The molecule has 0 unspecified atom stereocenters. The van der Waals surface area contributed by atoms with Gasteiger partial charge in [0.1, 0.15) is 0 Å². The van der Waals surface area contributed by atoms with E-state index in [9.17, 15) is 9.59 Å². The normalized spacial score (nSPS) is 10.9. The fourth-order valence-electron chi connectivity index (χ4n) is 3.29. The Morgan fingerprint density at radius 3 is 2.31 bits per heavy atom. The molecular weight excluding hydrogens is 449 g/mol. The van der Waals surface area contributed by atoms with Crippen molar-refractivity contribution < 1.29 is 14.3 Å². The molecule has 0 saturated carbocycles. The number of carbonyl (C=O) groups is 2. The first-order chi connectivity index (χ1) is 15.4. The molecule has 6 nitrogen and oxygen atoms in total. The van der Waals surface area contributed by atoms with E-state index < -0.39 is 5.97 Å². The summed E-state index contributed by atoms with van der Waals surface area (Å²) < 4.78 is 6.71. The first kappa shape index (κ1) is 23.8. The minimum atomic E-state index is -0.529. The van der Waals surface area contributed by atoms with Crippen molar-refractivity contribution >= 4 is 35.1 Å². The molecule has 1 aromatic heterocycles. The van der Waals surface area contributed by atoms with Gasteiger partial charge in [0.2, 0.25) is 0 Å². The van der Waals surface area contributed by atoms with Gasteiger partial charge < -0.3 is 10.1 Å². The van der Waals surface area contributed by atoms with Gasteiger partial charge in [-0.15, -0.1) is 0 Å². The van der Waals surface area contributed by atoms with E-state index in [0.29, 0.717) is 32.6 Å². The molecule has 0 atom stereocenters. The van der Waals surface area contributed by atoms with E-state index in [0.717, 1.165) is 12.8 Å². The minimum Gasteiger partial charge on any atom is -0.461 e. The van der Waals surface area contributed by atoms with Crippen LogP contribution in [0, 0.1) is 0 Å². The van der Waals surface area contributed by atoms with Crippen LogP contribution < -0.4 is 5.32 Å². The second-order valence-electron chi connectivity index (χ2n) is 7.21. The molecule has 1 amide bonds. The van der Waals surface area contributed by atoms with Crippen LogP contribution in [0.15, 0.2) is 48.5 Å². The van der Waals surface area contributed by atoms with Crippen molar-refractivity contribution in [3.63, 3.8) is 0 Å². The Morgan fingerprint density at radius 1 is 1.03 bits per heavy atom. The molecule has 1 N–H and O–H groups in total. The molecule has 0 fully saturated rings. The molecular formula is C24H25Cl2N3O3. The highest BCUT2D eigenvalue weighted by atomic mass is 35.5. The summed E-state index contributed by atoms with van der Waals surface area (Å²) in [5.74, 6) is -0.655. The van der Waals surface area contributed by atoms with Crippen LogP contribution in [0.5, 0.6) is 0 Å². The molecule has 8 heteroatoms. The van der Waals surface area contributed by atoms with Gasteiger partial charge >= 0.3 is 5.97 Å². The molecule has 0 spiro atoms. The fraction of sp³-hybridized carbons (Fsp3) is 0.292. The highest BCUT2D eigenvalue weighted by Crippen LogP contribution is 2.32. The van der Waals surface area contributed by atoms with Crippen LogP contribution in [-0.4, -0.2) is 34.3 Å². The minimum absolute atomic E-state index is 0.126. The maximum absolute atomic E-state index is 12.5. The molecule has 3 rings (SSSR count). The fourth-order valence-corrected chi connectivity index (χ4v) is 3.79. The topological polar surface area (TPSA) is 73.2 Å². The summed E-state index contributed by atoms with van der Waals surface area (Å²) >= 11 is 12.5. The number of halogens is 2. The predicted octanol–water partition coefficient (Wildman–Crippen LogP) is 5.94.